The number of pyridine rings is 1. The third kappa shape index (κ3) is 2.25. The van der Waals surface area contributed by atoms with Crippen LogP contribution in [-0.4, -0.2) is 29.0 Å². The van der Waals surface area contributed by atoms with Crippen LogP contribution in [0, 0.1) is 16.0 Å². The molecule has 1 fully saturated rings. The molecule has 1 aromatic heterocycles. The lowest BCUT2D eigenvalue weighted by molar-refractivity contribution is -0.384. The van der Waals surface area contributed by atoms with Crippen molar-refractivity contribution in [3.8, 4) is 0 Å². The first-order valence-corrected chi connectivity index (χ1v) is 6.08. The van der Waals surface area contributed by atoms with E-state index < -0.39 is 4.92 Å². The highest BCUT2D eigenvalue weighted by Gasteiger charge is 2.32. The molecule has 92 valence electrons. The number of rotatable bonds is 2. The van der Waals surface area contributed by atoms with Gasteiger partial charge in [0.2, 0.25) is 0 Å². The molecule has 1 saturated heterocycles. The Balaban J connectivity index is 2.41. The van der Waals surface area contributed by atoms with Crippen LogP contribution in [-0.2, 0) is 0 Å². The van der Waals surface area contributed by atoms with Crippen molar-refractivity contribution in [1.29, 1.82) is 0 Å². The molecule has 0 spiro atoms. The summed E-state index contributed by atoms with van der Waals surface area (Å²) in [7, 11) is 0. The fourth-order valence-corrected chi connectivity index (χ4v) is 2.61. The normalized spacial score (nSPS) is 24.1. The Bertz CT molecular complexity index is 444. The second kappa shape index (κ2) is 4.58. The summed E-state index contributed by atoms with van der Waals surface area (Å²) >= 11 is 3.32. The van der Waals surface area contributed by atoms with Crippen LogP contribution < -0.4 is 10.6 Å². The second-order valence-electron chi connectivity index (χ2n) is 4.29. The molecule has 1 aliphatic heterocycles. The molecule has 0 aliphatic carbocycles. The molecule has 0 aromatic carbocycles. The quantitative estimate of drug-likeness (QED) is 0.661. The first kappa shape index (κ1) is 12.3. The number of nitrogens with zero attached hydrogens (tertiary/aromatic N) is 3. The highest BCUT2D eigenvalue weighted by Crippen LogP contribution is 2.37. The SMILES string of the molecule is CC1CN(c2c(Br)cncc2[N+](=O)[O-])CC1N. The van der Waals surface area contributed by atoms with E-state index in [0.717, 1.165) is 6.54 Å². The van der Waals surface area contributed by atoms with E-state index in [2.05, 4.69) is 20.9 Å². The van der Waals surface area contributed by atoms with E-state index in [1.807, 2.05) is 11.8 Å². The van der Waals surface area contributed by atoms with Crippen molar-refractivity contribution in [2.24, 2.45) is 11.7 Å². The fourth-order valence-electron chi connectivity index (χ4n) is 2.04. The highest BCUT2D eigenvalue weighted by atomic mass is 79.9. The lowest BCUT2D eigenvalue weighted by Crippen LogP contribution is -2.28. The standard InChI is InChI=1S/C10H13BrN4O2/c1-6-4-14(5-8(6)12)10-7(11)2-13-3-9(10)15(16)17/h2-3,6,8H,4-5,12H2,1H3. The minimum absolute atomic E-state index is 0.0145. The van der Waals surface area contributed by atoms with Crippen molar-refractivity contribution in [3.63, 3.8) is 0 Å². The maximum atomic E-state index is 11.0. The van der Waals surface area contributed by atoms with Gasteiger partial charge < -0.3 is 10.6 Å². The topological polar surface area (TPSA) is 85.3 Å². The Kier molecular flexibility index (Phi) is 3.30. The maximum Gasteiger partial charge on any atom is 0.311 e. The molecule has 7 heteroatoms. The van der Waals surface area contributed by atoms with Crippen molar-refractivity contribution in [2.45, 2.75) is 13.0 Å². The molecular formula is C10H13BrN4O2. The zero-order valence-electron chi connectivity index (χ0n) is 9.34. The maximum absolute atomic E-state index is 11.0. The number of hydrogen-bond acceptors (Lipinski definition) is 5. The van der Waals surface area contributed by atoms with E-state index in [1.54, 1.807) is 6.20 Å². The summed E-state index contributed by atoms with van der Waals surface area (Å²) in [6, 6.07) is 0.0506. The van der Waals surface area contributed by atoms with Crippen LogP contribution in [0.15, 0.2) is 16.9 Å². The minimum Gasteiger partial charge on any atom is -0.363 e. The number of aromatic nitrogens is 1. The lowest BCUT2D eigenvalue weighted by atomic mass is 10.1. The predicted octanol–water partition coefficient (Wildman–Crippen LogP) is 1.54. The molecule has 2 N–H and O–H groups in total. The first-order chi connectivity index (χ1) is 8.00. The molecule has 6 nitrogen and oxygen atoms in total. The molecule has 2 unspecified atom stereocenters. The highest BCUT2D eigenvalue weighted by molar-refractivity contribution is 9.10. The van der Waals surface area contributed by atoms with Gasteiger partial charge in [-0.05, 0) is 21.8 Å². The molecule has 0 saturated carbocycles. The lowest BCUT2D eigenvalue weighted by Gasteiger charge is -2.19. The van der Waals surface area contributed by atoms with Gasteiger partial charge in [-0.2, -0.15) is 0 Å². The average Bonchev–Trinajstić information content (AvgIpc) is 2.58. The molecule has 2 rings (SSSR count). The predicted molar refractivity (Wildman–Crippen MR) is 67.9 cm³/mol. The van der Waals surface area contributed by atoms with Crippen LogP contribution in [0.3, 0.4) is 0 Å². The molecule has 0 radical (unpaired) electrons. The summed E-state index contributed by atoms with van der Waals surface area (Å²) in [6.45, 7) is 3.40. The Morgan fingerprint density at radius 2 is 2.29 bits per heavy atom. The fraction of sp³-hybridized carbons (Fsp3) is 0.500. The van der Waals surface area contributed by atoms with Gasteiger partial charge in [0.25, 0.3) is 0 Å². The van der Waals surface area contributed by atoms with Gasteiger partial charge in [-0.25, -0.2) is 0 Å². The van der Waals surface area contributed by atoms with Crippen molar-refractivity contribution in [3.05, 3.63) is 27.0 Å². The van der Waals surface area contributed by atoms with Gasteiger partial charge in [0.15, 0.2) is 0 Å². The number of nitrogens with two attached hydrogens (primary N) is 1. The molecule has 0 amide bonds. The van der Waals surface area contributed by atoms with Gasteiger partial charge in [0.05, 0.1) is 9.40 Å². The Labute approximate surface area is 107 Å². The molecule has 2 heterocycles. The number of hydrogen-bond donors (Lipinski definition) is 1. The van der Waals surface area contributed by atoms with Crippen molar-refractivity contribution in [1.82, 2.24) is 4.98 Å². The van der Waals surface area contributed by atoms with Crippen LogP contribution in [0.25, 0.3) is 0 Å². The molecular weight excluding hydrogens is 288 g/mol. The smallest absolute Gasteiger partial charge is 0.311 e. The number of anilines is 1. The van der Waals surface area contributed by atoms with Crippen LogP contribution in [0.1, 0.15) is 6.92 Å². The minimum atomic E-state index is -0.415. The van der Waals surface area contributed by atoms with Gasteiger partial charge >= 0.3 is 5.69 Å². The Morgan fingerprint density at radius 3 is 2.82 bits per heavy atom. The molecule has 1 aromatic rings. The van der Waals surface area contributed by atoms with E-state index in [0.29, 0.717) is 22.6 Å². The van der Waals surface area contributed by atoms with E-state index in [1.165, 1.54) is 6.20 Å². The van der Waals surface area contributed by atoms with Crippen molar-refractivity contribution < 1.29 is 4.92 Å². The zero-order valence-corrected chi connectivity index (χ0v) is 10.9. The largest absolute Gasteiger partial charge is 0.363 e. The number of nitro groups is 1. The summed E-state index contributed by atoms with van der Waals surface area (Å²) in [6.07, 6.45) is 2.84. The second-order valence-corrected chi connectivity index (χ2v) is 5.15. The van der Waals surface area contributed by atoms with Crippen molar-refractivity contribution >= 4 is 27.3 Å². The van der Waals surface area contributed by atoms with Crippen LogP contribution >= 0.6 is 15.9 Å². The molecule has 0 bridgehead atoms. The van der Waals surface area contributed by atoms with Gasteiger partial charge in [-0.15, -0.1) is 0 Å². The summed E-state index contributed by atoms with van der Waals surface area (Å²) < 4.78 is 0.632. The third-order valence-electron chi connectivity index (χ3n) is 3.04. The van der Waals surface area contributed by atoms with E-state index >= 15 is 0 Å². The molecule has 1 aliphatic rings. The van der Waals surface area contributed by atoms with Gasteiger partial charge in [0.1, 0.15) is 11.9 Å². The van der Waals surface area contributed by atoms with E-state index in [9.17, 15) is 10.1 Å². The van der Waals surface area contributed by atoms with Crippen LogP contribution in [0.4, 0.5) is 11.4 Å². The van der Waals surface area contributed by atoms with Gasteiger partial charge in [-0.1, -0.05) is 6.92 Å². The summed E-state index contributed by atoms with van der Waals surface area (Å²) in [5.74, 6) is 0.328. The first-order valence-electron chi connectivity index (χ1n) is 5.29. The number of halogens is 1. The van der Waals surface area contributed by atoms with Gasteiger partial charge in [0, 0.05) is 25.3 Å². The van der Waals surface area contributed by atoms with Crippen LogP contribution in [0.2, 0.25) is 0 Å². The molecule has 2 atom stereocenters. The zero-order chi connectivity index (χ0) is 12.6. The Hall–Kier alpha value is -1.21. The molecule has 17 heavy (non-hydrogen) atoms. The van der Waals surface area contributed by atoms with Crippen molar-refractivity contribution in [2.75, 3.05) is 18.0 Å². The average molecular weight is 301 g/mol. The van der Waals surface area contributed by atoms with E-state index in [4.69, 9.17) is 5.73 Å². The Morgan fingerprint density at radius 1 is 1.59 bits per heavy atom. The summed E-state index contributed by atoms with van der Waals surface area (Å²) in [5.41, 5.74) is 6.53. The van der Waals surface area contributed by atoms with E-state index in [-0.39, 0.29) is 11.7 Å². The monoisotopic (exact) mass is 300 g/mol. The summed E-state index contributed by atoms with van der Waals surface area (Å²) in [4.78, 5) is 16.3. The summed E-state index contributed by atoms with van der Waals surface area (Å²) in [5, 5.41) is 11.0. The third-order valence-corrected chi connectivity index (χ3v) is 3.62. The van der Waals surface area contributed by atoms with Crippen LogP contribution in [0.5, 0.6) is 0 Å². The van der Waals surface area contributed by atoms with Gasteiger partial charge in [-0.3, -0.25) is 15.1 Å².